The largest absolute Gasteiger partial charge is 0.481 e. The molecule has 0 spiro atoms. The van der Waals surface area contributed by atoms with Gasteiger partial charge in [0.05, 0.1) is 5.41 Å². The van der Waals surface area contributed by atoms with E-state index in [1.165, 1.54) is 0 Å². The lowest BCUT2D eigenvalue weighted by atomic mass is 9.74. The molecule has 5 nitrogen and oxygen atoms in total. The Morgan fingerprint density at radius 1 is 1.04 bits per heavy atom. The second-order valence-electron chi connectivity index (χ2n) is 6.92. The third-order valence-electron chi connectivity index (χ3n) is 5.07. The van der Waals surface area contributed by atoms with E-state index in [1.807, 2.05) is 42.5 Å². The Kier molecular flexibility index (Phi) is 6.01. The van der Waals surface area contributed by atoms with Gasteiger partial charge in [0.25, 0.3) is 0 Å². The minimum absolute atomic E-state index is 0.211. The Morgan fingerprint density at radius 2 is 1.70 bits per heavy atom. The van der Waals surface area contributed by atoms with Gasteiger partial charge in [-0.1, -0.05) is 54.1 Å². The summed E-state index contributed by atoms with van der Waals surface area (Å²) in [6, 6.07) is 16.7. The monoisotopic (exact) mass is 387 g/mol. The van der Waals surface area contributed by atoms with Gasteiger partial charge in [0, 0.05) is 18.1 Å². The molecule has 6 heteroatoms. The lowest BCUT2D eigenvalue weighted by Gasteiger charge is -2.38. The van der Waals surface area contributed by atoms with Crippen LogP contribution in [0.25, 0.3) is 0 Å². The maximum Gasteiger partial charge on any atom is 0.410 e. The summed E-state index contributed by atoms with van der Waals surface area (Å²) >= 11 is 6.02. The number of carbonyl (C=O) groups excluding carboxylic acids is 1. The highest BCUT2D eigenvalue weighted by Crippen LogP contribution is 2.36. The molecular formula is C21H22ClNO4. The first-order valence-corrected chi connectivity index (χ1v) is 9.30. The number of carbonyl (C=O) groups is 2. The molecule has 0 aromatic heterocycles. The average molecular weight is 388 g/mol. The quantitative estimate of drug-likeness (QED) is 0.826. The van der Waals surface area contributed by atoms with Gasteiger partial charge in [0.1, 0.15) is 6.61 Å². The number of amides is 1. The number of benzene rings is 2. The molecule has 2 aromatic rings. The fraction of sp³-hybridized carbons (Fsp3) is 0.333. The minimum atomic E-state index is -0.888. The highest BCUT2D eigenvalue weighted by molar-refractivity contribution is 6.30. The predicted molar refractivity (Wildman–Crippen MR) is 103 cm³/mol. The minimum Gasteiger partial charge on any atom is -0.481 e. The van der Waals surface area contributed by atoms with E-state index < -0.39 is 17.5 Å². The SMILES string of the molecule is O=C(OCc1ccccc1)N1CCC(Cc2cccc(Cl)c2)(C(=O)O)CC1. The van der Waals surface area contributed by atoms with E-state index in [4.69, 9.17) is 16.3 Å². The first-order valence-electron chi connectivity index (χ1n) is 8.92. The van der Waals surface area contributed by atoms with Gasteiger partial charge >= 0.3 is 12.1 Å². The average Bonchev–Trinajstić information content (AvgIpc) is 2.67. The number of piperidine rings is 1. The Labute approximate surface area is 163 Å². The summed E-state index contributed by atoms with van der Waals surface area (Å²) in [6.07, 6.45) is 0.765. The van der Waals surface area contributed by atoms with Crippen molar-refractivity contribution in [1.82, 2.24) is 4.90 Å². The van der Waals surface area contributed by atoms with Gasteiger partial charge in [0.2, 0.25) is 0 Å². The van der Waals surface area contributed by atoms with Crippen molar-refractivity contribution in [1.29, 1.82) is 0 Å². The molecule has 0 bridgehead atoms. The summed E-state index contributed by atoms with van der Waals surface area (Å²) in [7, 11) is 0. The van der Waals surface area contributed by atoms with Crippen LogP contribution >= 0.6 is 11.6 Å². The standard InChI is InChI=1S/C21H22ClNO4/c22-18-8-4-7-17(13-18)14-21(19(24)25)9-11-23(12-10-21)20(26)27-15-16-5-2-1-3-6-16/h1-8,13H,9-12,14-15H2,(H,24,25). The molecule has 3 rings (SSSR count). The van der Waals surface area contributed by atoms with Crippen LogP contribution in [-0.2, 0) is 22.6 Å². The van der Waals surface area contributed by atoms with Crippen molar-refractivity contribution in [2.24, 2.45) is 5.41 Å². The first kappa shape index (κ1) is 19.2. The van der Waals surface area contributed by atoms with Crippen LogP contribution in [0.15, 0.2) is 54.6 Å². The Morgan fingerprint density at radius 3 is 2.33 bits per heavy atom. The molecule has 1 fully saturated rings. The fourth-order valence-corrected chi connectivity index (χ4v) is 3.64. The molecule has 0 aliphatic carbocycles. The van der Waals surface area contributed by atoms with Crippen molar-refractivity contribution in [2.45, 2.75) is 25.9 Å². The number of nitrogens with zero attached hydrogens (tertiary/aromatic N) is 1. The van der Waals surface area contributed by atoms with E-state index in [0.717, 1.165) is 11.1 Å². The van der Waals surface area contributed by atoms with Crippen LogP contribution in [-0.4, -0.2) is 35.2 Å². The van der Waals surface area contributed by atoms with E-state index in [2.05, 4.69) is 0 Å². The van der Waals surface area contributed by atoms with Crippen molar-refractivity contribution in [2.75, 3.05) is 13.1 Å². The molecule has 1 aliphatic heterocycles. The molecule has 1 amide bonds. The summed E-state index contributed by atoms with van der Waals surface area (Å²) in [5, 5.41) is 10.4. The van der Waals surface area contributed by atoms with E-state index in [0.29, 0.717) is 37.4 Å². The number of carboxylic acid groups (broad SMARTS) is 1. The molecule has 0 atom stereocenters. The Balaban J connectivity index is 1.59. The fourth-order valence-electron chi connectivity index (χ4n) is 3.43. The van der Waals surface area contributed by atoms with Crippen LogP contribution in [0.1, 0.15) is 24.0 Å². The lowest BCUT2D eigenvalue weighted by Crippen LogP contribution is -2.47. The van der Waals surface area contributed by atoms with Gasteiger partial charge in [-0.3, -0.25) is 4.79 Å². The highest BCUT2D eigenvalue weighted by Gasteiger charge is 2.42. The summed E-state index contributed by atoms with van der Waals surface area (Å²) in [6.45, 7) is 0.934. The third-order valence-corrected chi connectivity index (χ3v) is 5.30. The molecule has 2 aromatic carbocycles. The zero-order valence-electron chi connectivity index (χ0n) is 14.9. The third kappa shape index (κ3) is 4.80. The van der Waals surface area contributed by atoms with Gasteiger partial charge in [-0.2, -0.15) is 0 Å². The topological polar surface area (TPSA) is 66.8 Å². The zero-order valence-corrected chi connectivity index (χ0v) is 15.7. The van der Waals surface area contributed by atoms with Crippen LogP contribution in [0.5, 0.6) is 0 Å². The number of likely N-dealkylation sites (tertiary alicyclic amines) is 1. The predicted octanol–water partition coefficient (Wildman–Crippen LogP) is 4.39. The number of carboxylic acids is 1. The number of aliphatic carboxylic acids is 1. The molecular weight excluding hydrogens is 366 g/mol. The van der Waals surface area contributed by atoms with E-state index in [9.17, 15) is 14.7 Å². The second-order valence-corrected chi connectivity index (χ2v) is 7.36. The summed E-state index contributed by atoms with van der Waals surface area (Å²) in [5.41, 5.74) is 0.926. The molecule has 1 saturated heterocycles. The Hall–Kier alpha value is -2.53. The smallest absolute Gasteiger partial charge is 0.410 e. The van der Waals surface area contributed by atoms with Gasteiger partial charge in [-0.25, -0.2) is 4.79 Å². The number of hydrogen-bond acceptors (Lipinski definition) is 3. The van der Waals surface area contributed by atoms with E-state index in [-0.39, 0.29) is 6.61 Å². The lowest BCUT2D eigenvalue weighted by molar-refractivity contribution is -0.151. The molecule has 0 saturated carbocycles. The van der Waals surface area contributed by atoms with Gasteiger partial charge in [-0.05, 0) is 42.5 Å². The van der Waals surface area contributed by atoms with Crippen LogP contribution in [0, 0.1) is 5.41 Å². The molecule has 1 N–H and O–H groups in total. The summed E-state index contributed by atoms with van der Waals surface area (Å²) < 4.78 is 5.35. The van der Waals surface area contributed by atoms with Crippen LogP contribution < -0.4 is 0 Å². The van der Waals surface area contributed by atoms with Gasteiger partial charge in [-0.15, -0.1) is 0 Å². The van der Waals surface area contributed by atoms with Crippen molar-refractivity contribution in [3.05, 3.63) is 70.7 Å². The normalized spacial score (nSPS) is 16.0. The van der Waals surface area contributed by atoms with E-state index >= 15 is 0 Å². The van der Waals surface area contributed by atoms with Crippen LogP contribution in [0.2, 0.25) is 5.02 Å². The van der Waals surface area contributed by atoms with Gasteiger partial charge in [0.15, 0.2) is 0 Å². The Bertz CT molecular complexity index is 801. The van der Waals surface area contributed by atoms with Crippen molar-refractivity contribution in [3.63, 3.8) is 0 Å². The number of ether oxygens (including phenoxy) is 1. The van der Waals surface area contributed by atoms with E-state index in [1.54, 1.807) is 17.0 Å². The molecule has 142 valence electrons. The molecule has 1 heterocycles. The van der Waals surface area contributed by atoms with Crippen molar-refractivity contribution in [3.8, 4) is 0 Å². The maximum absolute atomic E-state index is 12.3. The van der Waals surface area contributed by atoms with Crippen LogP contribution in [0.4, 0.5) is 4.79 Å². The molecule has 1 aliphatic rings. The molecule has 0 unspecified atom stereocenters. The second kappa shape index (κ2) is 8.44. The summed E-state index contributed by atoms with van der Waals surface area (Å²) in [5.74, 6) is -0.834. The van der Waals surface area contributed by atoms with Gasteiger partial charge < -0.3 is 14.7 Å². The first-order chi connectivity index (χ1) is 13.0. The number of halogens is 1. The number of hydrogen-bond donors (Lipinski definition) is 1. The molecule has 27 heavy (non-hydrogen) atoms. The highest BCUT2D eigenvalue weighted by atomic mass is 35.5. The zero-order chi connectivity index (χ0) is 19.3. The van der Waals surface area contributed by atoms with Crippen molar-refractivity contribution >= 4 is 23.7 Å². The summed E-state index contributed by atoms with van der Waals surface area (Å²) in [4.78, 5) is 25.9. The molecule has 0 radical (unpaired) electrons. The van der Waals surface area contributed by atoms with Crippen LogP contribution in [0.3, 0.4) is 0 Å². The maximum atomic E-state index is 12.3. The number of rotatable bonds is 5. The van der Waals surface area contributed by atoms with Crippen molar-refractivity contribution < 1.29 is 19.4 Å².